The lowest BCUT2D eigenvalue weighted by molar-refractivity contribution is -0.129. The molecule has 3 amide bonds. The number of nitrogens with one attached hydrogen (secondary N) is 1. The van der Waals surface area contributed by atoms with E-state index in [1.807, 2.05) is 9.80 Å². The Morgan fingerprint density at radius 1 is 1.09 bits per heavy atom. The third-order valence-corrected chi connectivity index (χ3v) is 5.70. The number of nitrogens with zero attached hydrogens (tertiary/aromatic N) is 3. The van der Waals surface area contributed by atoms with Crippen LogP contribution in [0.25, 0.3) is 0 Å². The van der Waals surface area contributed by atoms with Gasteiger partial charge in [-0.05, 0) is 25.8 Å². The molecule has 6 nitrogen and oxygen atoms in total. The number of urea groups is 1. The maximum Gasteiger partial charge on any atom is 0.317 e. The normalized spacial score (nSPS) is 33.1. The molecule has 3 aliphatic rings. The molecular weight excluding hydrogens is 280 g/mol. The number of fused-ring (bicyclic) bond motifs is 1. The molecular formula is C16H28N4O2. The van der Waals surface area contributed by atoms with Crippen LogP contribution in [-0.2, 0) is 4.79 Å². The van der Waals surface area contributed by atoms with Crippen LogP contribution in [0.4, 0.5) is 4.79 Å². The van der Waals surface area contributed by atoms with Crippen molar-refractivity contribution in [2.75, 3.05) is 46.3 Å². The summed E-state index contributed by atoms with van der Waals surface area (Å²) >= 11 is 0. The standard InChI is InChI=1S/C16H28N4O2/c1-12(21)19-6-4-14(5-7-19)17-15(22)20-9-13-8-18(3)10-16(13,2)11-20/h13-14H,4-11H2,1-3H3,(H,17,22)/t13-,16+/m1/s1. The topological polar surface area (TPSA) is 55.9 Å². The van der Waals surface area contributed by atoms with E-state index >= 15 is 0 Å². The van der Waals surface area contributed by atoms with Crippen LogP contribution in [0.3, 0.4) is 0 Å². The molecule has 0 aliphatic carbocycles. The number of hydrogen-bond donors (Lipinski definition) is 1. The minimum absolute atomic E-state index is 0.0829. The highest BCUT2D eigenvalue weighted by atomic mass is 16.2. The van der Waals surface area contributed by atoms with E-state index in [4.69, 9.17) is 0 Å². The highest BCUT2D eigenvalue weighted by Gasteiger charge is 2.49. The SMILES string of the molecule is CC(=O)N1CCC(NC(=O)N2C[C@H]3CN(C)C[C@@]3(C)C2)CC1. The summed E-state index contributed by atoms with van der Waals surface area (Å²) in [6.45, 7) is 9.34. The zero-order valence-corrected chi connectivity index (χ0v) is 14.0. The predicted molar refractivity (Wildman–Crippen MR) is 84.5 cm³/mol. The maximum absolute atomic E-state index is 12.5. The molecule has 2 atom stereocenters. The molecule has 3 heterocycles. The molecule has 3 saturated heterocycles. The Hall–Kier alpha value is -1.30. The van der Waals surface area contributed by atoms with Crippen molar-refractivity contribution in [3.05, 3.63) is 0 Å². The third kappa shape index (κ3) is 2.93. The van der Waals surface area contributed by atoms with Crippen LogP contribution in [0.1, 0.15) is 26.7 Å². The number of carbonyl (C=O) groups is 2. The lowest BCUT2D eigenvalue weighted by Crippen LogP contribution is -2.50. The summed E-state index contributed by atoms with van der Waals surface area (Å²) in [6, 6.07) is 0.290. The molecule has 0 saturated carbocycles. The summed E-state index contributed by atoms with van der Waals surface area (Å²) < 4.78 is 0. The first kappa shape index (κ1) is 15.6. The van der Waals surface area contributed by atoms with E-state index in [1.165, 1.54) is 0 Å². The third-order valence-electron chi connectivity index (χ3n) is 5.70. The Bertz CT molecular complexity index is 461. The van der Waals surface area contributed by atoms with Gasteiger partial charge in [-0.3, -0.25) is 4.79 Å². The Morgan fingerprint density at radius 2 is 1.77 bits per heavy atom. The quantitative estimate of drug-likeness (QED) is 0.771. The van der Waals surface area contributed by atoms with Crippen LogP contribution in [0.5, 0.6) is 0 Å². The van der Waals surface area contributed by atoms with Crippen LogP contribution < -0.4 is 5.32 Å². The zero-order valence-electron chi connectivity index (χ0n) is 14.0. The molecule has 0 unspecified atom stereocenters. The van der Waals surface area contributed by atoms with E-state index in [0.717, 1.165) is 52.1 Å². The molecule has 0 bridgehead atoms. The first-order chi connectivity index (χ1) is 10.4. The van der Waals surface area contributed by atoms with Crippen molar-refractivity contribution in [2.45, 2.75) is 32.7 Å². The average molecular weight is 308 g/mol. The summed E-state index contributed by atoms with van der Waals surface area (Å²) in [5, 5.41) is 3.17. The number of hydrogen-bond acceptors (Lipinski definition) is 3. The molecule has 22 heavy (non-hydrogen) atoms. The summed E-state index contributed by atoms with van der Waals surface area (Å²) in [5.41, 5.74) is 0.254. The van der Waals surface area contributed by atoms with Gasteiger partial charge in [0, 0.05) is 57.6 Å². The molecule has 124 valence electrons. The van der Waals surface area contributed by atoms with Gasteiger partial charge in [-0.2, -0.15) is 0 Å². The molecule has 3 rings (SSSR count). The first-order valence-electron chi connectivity index (χ1n) is 8.37. The highest BCUT2D eigenvalue weighted by Crippen LogP contribution is 2.41. The smallest absolute Gasteiger partial charge is 0.317 e. The molecule has 0 aromatic rings. The van der Waals surface area contributed by atoms with Gasteiger partial charge >= 0.3 is 6.03 Å². The fourth-order valence-electron chi connectivity index (χ4n) is 4.39. The number of piperidine rings is 1. The van der Waals surface area contributed by atoms with Gasteiger partial charge in [0.25, 0.3) is 0 Å². The van der Waals surface area contributed by atoms with E-state index in [9.17, 15) is 9.59 Å². The fourth-order valence-corrected chi connectivity index (χ4v) is 4.39. The van der Waals surface area contributed by atoms with E-state index in [1.54, 1.807) is 6.92 Å². The number of likely N-dealkylation sites (tertiary alicyclic amines) is 3. The van der Waals surface area contributed by atoms with Gasteiger partial charge in [0.15, 0.2) is 0 Å². The number of amides is 3. The van der Waals surface area contributed by atoms with Gasteiger partial charge in [0.1, 0.15) is 0 Å². The maximum atomic E-state index is 12.5. The second-order valence-electron chi connectivity index (χ2n) is 7.66. The van der Waals surface area contributed by atoms with E-state index in [-0.39, 0.29) is 23.4 Å². The first-order valence-corrected chi connectivity index (χ1v) is 8.37. The minimum Gasteiger partial charge on any atom is -0.343 e. The van der Waals surface area contributed by atoms with Crippen LogP contribution in [-0.4, -0.2) is 79.0 Å². The van der Waals surface area contributed by atoms with E-state index < -0.39 is 0 Å². The van der Waals surface area contributed by atoms with Gasteiger partial charge in [-0.15, -0.1) is 0 Å². The largest absolute Gasteiger partial charge is 0.343 e. The van der Waals surface area contributed by atoms with Crippen LogP contribution in [0.15, 0.2) is 0 Å². The van der Waals surface area contributed by atoms with Crippen molar-refractivity contribution in [3.8, 4) is 0 Å². The molecule has 0 spiro atoms. The van der Waals surface area contributed by atoms with Gasteiger partial charge in [-0.25, -0.2) is 4.79 Å². The van der Waals surface area contributed by atoms with Gasteiger partial charge in [-0.1, -0.05) is 6.92 Å². The average Bonchev–Trinajstić information content (AvgIpc) is 2.89. The van der Waals surface area contributed by atoms with Gasteiger partial charge in [0.2, 0.25) is 5.91 Å². The molecule has 0 aromatic heterocycles. The summed E-state index contributed by atoms with van der Waals surface area (Å²) in [7, 11) is 2.16. The predicted octanol–water partition coefficient (Wildman–Crippen LogP) is 0.590. The Labute approximate surface area is 132 Å². The molecule has 0 aromatic carbocycles. The van der Waals surface area contributed by atoms with E-state index in [0.29, 0.717) is 5.92 Å². The molecule has 6 heteroatoms. The van der Waals surface area contributed by atoms with Crippen molar-refractivity contribution in [3.63, 3.8) is 0 Å². The monoisotopic (exact) mass is 308 g/mol. The summed E-state index contributed by atoms with van der Waals surface area (Å²) in [4.78, 5) is 30.1. The van der Waals surface area contributed by atoms with E-state index in [2.05, 4.69) is 24.2 Å². The van der Waals surface area contributed by atoms with Gasteiger partial charge in [0.05, 0.1) is 0 Å². The van der Waals surface area contributed by atoms with Crippen LogP contribution in [0, 0.1) is 11.3 Å². The second kappa shape index (κ2) is 5.72. The minimum atomic E-state index is 0.0829. The van der Waals surface area contributed by atoms with Crippen molar-refractivity contribution in [1.82, 2.24) is 20.0 Å². The van der Waals surface area contributed by atoms with Crippen molar-refractivity contribution >= 4 is 11.9 Å². The lowest BCUT2D eigenvalue weighted by Gasteiger charge is -2.33. The highest BCUT2D eigenvalue weighted by molar-refractivity contribution is 5.75. The van der Waals surface area contributed by atoms with Crippen LogP contribution >= 0.6 is 0 Å². The fraction of sp³-hybridized carbons (Fsp3) is 0.875. The van der Waals surface area contributed by atoms with Crippen molar-refractivity contribution in [1.29, 1.82) is 0 Å². The van der Waals surface area contributed by atoms with Crippen molar-refractivity contribution in [2.24, 2.45) is 11.3 Å². The number of rotatable bonds is 1. The Kier molecular flexibility index (Phi) is 4.05. The lowest BCUT2D eigenvalue weighted by atomic mass is 9.83. The summed E-state index contributed by atoms with van der Waals surface area (Å²) in [6.07, 6.45) is 1.73. The Balaban J connectivity index is 1.49. The Morgan fingerprint density at radius 3 is 2.36 bits per heavy atom. The molecule has 3 fully saturated rings. The zero-order chi connectivity index (χ0) is 15.9. The summed E-state index contributed by atoms with van der Waals surface area (Å²) in [5.74, 6) is 0.733. The molecule has 3 aliphatic heterocycles. The molecule has 1 N–H and O–H groups in total. The molecule has 0 radical (unpaired) electrons. The second-order valence-corrected chi connectivity index (χ2v) is 7.66. The van der Waals surface area contributed by atoms with Crippen LogP contribution in [0.2, 0.25) is 0 Å². The number of carbonyl (C=O) groups excluding carboxylic acids is 2. The van der Waals surface area contributed by atoms with Crippen molar-refractivity contribution < 1.29 is 9.59 Å². The van der Waals surface area contributed by atoms with Gasteiger partial charge < -0.3 is 20.0 Å².